The summed E-state index contributed by atoms with van der Waals surface area (Å²) in [6.07, 6.45) is 1.64. The summed E-state index contributed by atoms with van der Waals surface area (Å²) in [5.41, 5.74) is 6.83. The van der Waals surface area contributed by atoms with Gasteiger partial charge in [-0.1, -0.05) is 41.4 Å². The van der Waals surface area contributed by atoms with Gasteiger partial charge in [-0.05, 0) is 31.0 Å². The first-order valence-corrected chi connectivity index (χ1v) is 6.65. The zero-order chi connectivity index (χ0) is 12.8. The highest BCUT2D eigenvalue weighted by molar-refractivity contribution is 9.10. The van der Waals surface area contributed by atoms with Crippen LogP contribution in [0.15, 0.2) is 28.7 Å². The Morgan fingerprint density at radius 1 is 1.41 bits per heavy atom. The Kier molecular flexibility index (Phi) is 5.65. The van der Waals surface area contributed by atoms with E-state index in [1.807, 2.05) is 38.1 Å². The minimum absolute atomic E-state index is 0.0153. The van der Waals surface area contributed by atoms with Gasteiger partial charge in [0.25, 0.3) is 0 Å². The van der Waals surface area contributed by atoms with E-state index in [0.717, 1.165) is 22.9 Å². The van der Waals surface area contributed by atoms with Gasteiger partial charge >= 0.3 is 0 Å². The number of nitrogens with one attached hydrogen (secondary N) is 1. The molecule has 0 radical (unpaired) electrons. The van der Waals surface area contributed by atoms with Crippen molar-refractivity contribution in [1.29, 1.82) is 0 Å². The number of benzene rings is 1. The molecule has 1 unspecified atom stereocenters. The molecule has 4 heteroatoms. The van der Waals surface area contributed by atoms with Crippen LogP contribution in [0.4, 0.5) is 0 Å². The zero-order valence-corrected chi connectivity index (χ0v) is 11.8. The molecule has 2 atom stereocenters. The maximum absolute atomic E-state index is 11.7. The second kappa shape index (κ2) is 6.77. The van der Waals surface area contributed by atoms with Crippen molar-refractivity contribution in [1.82, 2.24) is 5.32 Å². The maximum atomic E-state index is 11.7. The van der Waals surface area contributed by atoms with E-state index in [0.29, 0.717) is 0 Å². The van der Waals surface area contributed by atoms with E-state index >= 15 is 0 Å². The molecule has 17 heavy (non-hydrogen) atoms. The smallest absolute Gasteiger partial charge is 0.237 e. The molecule has 0 aliphatic rings. The summed E-state index contributed by atoms with van der Waals surface area (Å²) in [6, 6.07) is 7.48. The third kappa shape index (κ3) is 4.48. The molecule has 1 aromatic carbocycles. The molecule has 0 fully saturated rings. The number of hydrogen-bond donors (Lipinski definition) is 2. The Balaban J connectivity index is 2.57. The Morgan fingerprint density at radius 3 is 2.53 bits per heavy atom. The lowest BCUT2D eigenvalue weighted by Crippen LogP contribution is -2.41. The lowest BCUT2D eigenvalue weighted by atomic mass is 10.1. The summed E-state index contributed by atoms with van der Waals surface area (Å²) >= 11 is 3.38. The van der Waals surface area contributed by atoms with Gasteiger partial charge < -0.3 is 11.1 Å². The molecular formula is C13H19BrN2O. The largest absolute Gasteiger partial charge is 0.348 e. The van der Waals surface area contributed by atoms with Crippen LogP contribution in [0.3, 0.4) is 0 Å². The maximum Gasteiger partial charge on any atom is 0.237 e. The van der Waals surface area contributed by atoms with Crippen LogP contribution in [0.2, 0.25) is 0 Å². The van der Waals surface area contributed by atoms with Crippen molar-refractivity contribution in [2.24, 2.45) is 5.73 Å². The fraction of sp³-hybridized carbons (Fsp3) is 0.462. The van der Waals surface area contributed by atoms with Crippen LogP contribution in [0.1, 0.15) is 38.3 Å². The third-order valence-electron chi connectivity index (χ3n) is 2.67. The van der Waals surface area contributed by atoms with Crippen molar-refractivity contribution in [2.45, 2.75) is 38.8 Å². The van der Waals surface area contributed by atoms with Crippen molar-refractivity contribution in [3.8, 4) is 0 Å². The molecular weight excluding hydrogens is 280 g/mol. The monoisotopic (exact) mass is 298 g/mol. The normalized spacial score (nSPS) is 14.1. The Hall–Kier alpha value is -0.870. The number of hydrogen-bond acceptors (Lipinski definition) is 2. The molecule has 1 rings (SSSR count). The highest BCUT2D eigenvalue weighted by Gasteiger charge is 2.15. The predicted molar refractivity (Wildman–Crippen MR) is 73.6 cm³/mol. The molecule has 0 bridgehead atoms. The number of amides is 1. The summed E-state index contributed by atoms with van der Waals surface area (Å²) in [4.78, 5) is 11.7. The summed E-state index contributed by atoms with van der Waals surface area (Å²) in [6.45, 7) is 3.98. The van der Waals surface area contributed by atoms with Gasteiger partial charge in [0.05, 0.1) is 12.1 Å². The van der Waals surface area contributed by atoms with Crippen LogP contribution >= 0.6 is 15.9 Å². The Morgan fingerprint density at radius 2 is 2.00 bits per heavy atom. The average Bonchev–Trinajstić information content (AvgIpc) is 2.30. The van der Waals surface area contributed by atoms with Crippen LogP contribution < -0.4 is 11.1 Å². The topological polar surface area (TPSA) is 55.1 Å². The van der Waals surface area contributed by atoms with E-state index in [1.165, 1.54) is 0 Å². The number of carbonyl (C=O) groups excluding carboxylic acids is 1. The molecule has 94 valence electrons. The van der Waals surface area contributed by atoms with Crippen LogP contribution in [0.25, 0.3) is 0 Å². The summed E-state index contributed by atoms with van der Waals surface area (Å²) in [7, 11) is 0. The molecule has 1 aromatic rings. The SMILES string of the molecule is CCC[C@@H](N)C(=O)NC(C)c1ccc(Br)cc1. The first kappa shape index (κ1) is 14.2. The van der Waals surface area contributed by atoms with Crippen LogP contribution in [0.5, 0.6) is 0 Å². The van der Waals surface area contributed by atoms with E-state index in [2.05, 4.69) is 21.2 Å². The molecule has 0 aliphatic carbocycles. The predicted octanol–water partition coefficient (Wildman–Crippen LogP) is 2.75. The molecule has 0 aromatic heterocycles. The van der Waals surface area contributed by atoms with Crippen molar-refractivity contribution in [2.75, 3.05) is 0 Å². The van der Waals surface area contributed by atoms with E-state index in [1.54, 1.807) is 0 Å². The van der Waals surface area contributed by atoms with Crippen LogP contribution in [0, 0.1) is 0 Å². The standard InChI is InChI=1S/C13H19BrN2O/c1-3-4-12(15)13(17)16-9(2)10-5-7-11(14)8-6-10/h5-9,12H,3-4,15H2,1-2H3,(H,16,17)/t9?,12-/m1/s1. The first-order chi connectivity index (χ1) is 8.04. The van der Waals surface area contributed by atoms with Crippen LogP contribution in [-0.2, 0) is 4.79 Å². The van der Waals surface area contributed by atoms with E-state index in [9.17, 15) is 4.79 Å². The molecule has 0 heterocycles. The zero-order valence-electron chi connectivity index (χ0n) is 10.2. The average molecular weight is 299 g/mol. The number of nitrogens with two attached hydrogens (primary N) is 1. The number of halogens is 1. The van der Waals surface area contributed by atoms with E-state index < -0.39 is 6.04 Å². The summed E-state index contributed by atoms with van der Waals surface area (Å²) in [5.74, 6) is -0.0812. The Bertz CT molecular complexity index is 364. The number of carbonyl (C=O) groups is 1. The minimum atomic E-state index is -0.405. The van der Waals surface area contributed by atoms with Crippen LogP contribution in [-0.4, -0.2) is 11.9 Å². The van der Waals surface area contributed by atoms with Gasteiger partial charge in [-0.3, -0.25) is 4.79 Å². The highest BCUT2D eigenvalue weighted by atomic mass is 79.9. The minimum Gasteiger partial charge on any atom is -0.348 e. The molecule has 0 spiro atoms. The molecule has 3 N–H and O–H groups in total. The number of rotatable bonds is 5. The Labute approximate surface area is 111 Å². The molecule has 3 nitrogen and oxygen atoms in total. The van der Waals surface area contributed by atoms with Gasteiger partial charge in [-0.2, -0.15) is 0 Å². The second-order valence-corrected chi connectivity index (χ2v) is 5.09. The third-order valence-corrected chi connectivity index (χ3v) is 3.19. The van der Waals surface area contributed by atoms with E-state index in [-0.39, 0.29) is 11.9 Å². The van der Waals surface area contributed by atoms with Gasteiger partial charge in [-0.25, -0.2) is 0 Å². The summed E-state index contributed by atoms with van der Waals surface area (Å²) in [5, 5.41) is 2.92. The fourth-order valence-electron chi connectivity index (χ4n) is 1.60. The van der Waals surface area contributed by atoms with Crippen molar-refractivity contribution in [3.05, 3.63) is 34.3 Å². The van der Waals surface area contributed by atoms with Crippen molar-refractivity contribution < 1.29 is 4.79 Å². The molecule has 0 aliphatic heterocycles. The first-order valence-electron chi connectivity index (χ1n) is 5.86. The lowest BCUT2D eigenvalue weighted by molar-refractivity contribution is -0.123. The lowest BCUT2D eigenvalue weighted by Gasteiger charge is -2.17. The van der Waals surface area contributed by atoms with Gasteiger partial charge in [-0.15, -0.1) is 0 Å². The van der Waals surface area contributed by atoms with Crippen molar-refractivity contribution in [3.63, 3.8) is 0 Å². The molecule has 0 saturated heterocycles. The summed E-state index contributed by atoms with van der Waals surface area (Å²) < 4.78 is 1.03. The quantitative estimate of drug-likeness (QED) is 0.878. The van der Waals surface area contributed by atoms with Gasteiger partial charge in [0.15, 0.2) is 0 Å². The highest BCUT2D eigenvalue weighted by Crippen LogP contribution is 2.16. The van der Waals surface area contributed by atoms with Gasteiger partial charge in [0.1, 0.15) is 0 Å². The van der Waals surface area contributed by atoms with Crippen molar-refractivity contribution >= 4 is 21.8 Å². The van der Waals surface area contributed by atoms with Gasteiger partial charge in [0, 0.05) is 4.47 Å². The molecule has 1 amide bonds. The molecule has 0 saturated carbocycles. The fourth-order valence-corrected chi connectivity index (χ4v) is 1.86. The van der Waals surface area contributed by atoms with Gasteiger partial charge in [0.2, 0.25) is 5.91 Å². The van der Waals surface area contributed by atoms with E-state index in [4.69, 9.17) is 5.73 Å². The second-order valence-electron chi connectivity index (χ2n) is 4.18.